The largest absolute Gasteiger partial charge is 0.417 e. The first-order chi connectivity index (χ1) is 15.8. The van der Waals surface area contributed by atoms with E-state index in [-0.39, 0.29) is 24.9 Å². The van der Waals surface area contributed by atoms with Crippen molar-refractivity contribution in [2.75, 3.05) is 0 Å². The Morgan fingerprint density at radius 2 is 1.71 bits per heavy atom. The molecule has 2 N–H and O–H groups in total. The van der Waals surface area contributed by atoms with E-state index in [9.17, 15) is 23.4 Å². The molecule has 2 nitrogen and oxygen atoms in total. The van der Waals surface area contributed by atoms with Crippen molar-refractivity contribution >= 4 is 0 Å². The molecule has 0 aromatic heterocycles. The van der Waals surface area contributed by atoms with E-state index in [1.165, 1.54) is 19.3 Å². The smallest absolute Gasteiger partial charge is 0.393 e. The summed E-state index contributed by atoms with van der Waals surface area (Å²) in [6.45, 7) is 10.9. The molecule has 200 valence electrons. The van der Waals surface area contributed by atoms with Gasteiger partial charge in [0.25, 0.3) is 0 Å². The van der Waals surface area contributed by atoms with E-state index in [1.54, 1.807) is 0 Å². The van der Waals surface area contributed by atoms with Gasteiger partial charge in [-0.15, -0.1) is 0 Å². The molecule has 0 heterocycles. The topological polar surface area (TPSA) is 40.5 Å². The Kier molecular flexibility index (Phi) is 9.14. The summed E-state index contributed by atoms with van der Waals surface area (Å²) in [7, 11) is 0. The third kappa shape index (κ3) is 5.82. The Morgan fingerprint density at radius 1 is 1.00 bits per heavy atom. The number of aliphatic hydroxyl groups is 2. The molecule has 3 fully saturated rings. The fraction of sp³-hybridized carbons (Fsp3) is 1.00. The molecule has 9 atom stereocenters. The van der Waals surface area contributed by atoms with Crippen molar-refractivity contribution < 1.29 is 23.4 Å². The maximum atomic E-state index is 13.8. The molecule has 3 rings (SSSR count). The van der Waals surface area contributed by atoms with Crippen molar-refractivity contribution in [3.63, 3.8) is 0 Å². The number of fused-ring (bicyclic) bond motifs is 3. The summed E-state index contributed by atoms with van der Waals surface area (Å²) in [5.74, 6) is 3.46. The minimum atomic E-state index is -4.54. The Balaban J connectivity index is 1.61. The summed E-state index contributed by atoms with van der Waals surface area (Å²) >= 11 is 0. The second-order valence-electron chi connectivity index (χ2n) is 13.1. The minimum absolute atomic E-state index is 0.0114. The van der Waals surface area contributed by atoms with Gasteiger partial charge in [-0.2, -0.15) is 13.2 Å². The van der Waals surface area contributed by atoms with Gasteiger partial charge in [-0.05, 0) is 111 Å². The van der Waals surface area contributed by atoms with Crippen LogP contribution in [-0.4, -0.2) is 28.1 Å². The number of hydrogen-bond acceptors (Lipinski definition) is 2. The van der Waals surface area contributed by atoms with Gasteiger partial charge in [-0.1, -0.05) is 53.9 Å². The van der Waals surface area contributed by atoms with Gasteiger partial charge in [0.1, 0.15) is 0 Å². The number of rotatable bonds is 10. The fourth-order valence-corrected chi connectivity index (χ4v) is 8.50. The summed E-state index contributed by atoms with van der Waals surface area (Å²) in [6.07, 6.45) is 5.58. The zero-order valence-electron chi connectivity index (χ0n) is 22.3. The summed E-state index contributed by atoms with van der Waals surface area (Å²) in [4.78, 5) is 0. The van der Waals surface area contributed by atoms with Gasteiger partial charge in [-0.25, -0.2) is 0 Å². The molecule has 3 aliphatic rings. The first-order valence-corrected chi connectivity index (χ1v) is 14.3. The van der Waals surface area contributed by atoms with E-state index in [4.69, 9.17) is 0 Å². The number of alkyl halides is 3. The van der Waals surface area contributed by atoms with Crippen molar-refractivity contribution in [3.05, 3.63) is 0 Å². The number of aliphatic hydroxyl groups excluding tert-OH is 1. The first-order valence-electron chi connectivity index (χ1n) is 14.3. The fourth-order valence-electron chi connectivity index (χ4n) is 8.50. The molecule has 0 amide bonds. The van der Waals surface area contributed by atoms with Crippen LogP contribution in [0.5, 0.6) is 0 Å². The van der Waals surface area contributed by atoms with Crippen LogP contribution in [0.3, 0.4) is 0 Å². The van der Waals surface area contributed by atoms with Crippen LogP contribution in [0, 0.1) is 46.8 Å². The maximum absolute atomic E-state index is 13.8. The van der Waals surface area contributed by atoms with Gasteiger partial charge in [0.2, 0.25) is 0 Å². The maximum Gasteiger partial charge on any atom is 0.417 e. The molecule has 0 bridgehead atoms. The van der Waals surface area contributed by atoms with Crippen LogP contribution in [0.4, 0.5) is 13.2 Å². The Morgan fingerprint density at radius 3 is 2.32 bits per heavy atom. The first kappa shape index (κ1) is 28.3. The third-order valence-corrected chi connectivity index (χ3v) is 10.7. The number of unbranched alkanes of at least 4 members (excludes halogenated alkanes) is 1. The highest BCUT2D eigenvalue weighted by Crippen LogP contribution is 2.64. The molecule has 3 aliphatic carbocycles. The van der Waals surface area contributed by atoms with Gasteiger partial charge in [0.05, 0.1) is 6.10 Å². The molecule has 0 spiro atoms. The molecule has 0 radical (unpaired) electrons. The Hall–Kier alpha value is -0.290. The lowest BCUT2D eigenvalue weighted by atomic mass is 9.52. The predicted molar refractivity (Wildman–Crippen MR) is 132 cm³/mol. The molecule has 3 saturated carbocycles. The van der Waals surface area contributed by atoms with Gasteiger partial charge in [0, 0.05) is 0 Å². The summed E-state index contributed by atoms with van der Waals surface area (Å²) < 4.78 is 41.3. The lowest BCUT2D eigenvalue weighted by molar-refractivity contribution is -0.270. The second kappa shape index (κ2) is 11.0. The van der Waals surface area contributed by atoms with E-state index in [2.05, 4.69) is 27.7 Å². The molecular weight excluding hydrogens is 437 g/mol. The van der Waals surface area contributed by atoms with Crippen molar-refractivity contribution in [2.24, 2.45) is 46.8 Å². The zero-order chi connectivity index (χ0) is 25.3. The average molecular weight is 489 g/mol. The highest BCUT2D eigenvalue weighted by Gasteiger charge is 2.57. The number of halogens is 3. The van der Waals surface area contributed by atoms with Crippen LogP contribution in [0.1, 0.15) is 118 Å². The second-order valence-corrected chi connectivity index (χ2v) is 13.1. The van der Waals surface area contributed by atoms with Crippen molar-refractivity contribution in [1.82, 2.24) is 0 Å². The monoisotopic (exact) mass is 488 g/mol. The summed E-state index contributed by atoms with van der Waals surface area (Å²) in [6, 6.07) is 0. The van der Waals surface area contributed by atoms with Gasteiger partial charge in [-0.3, -0.25) is 0 Å². The van der Waals surface area contributed by atoms with Crippen molar-refractivity contribution in [3.8, 4) is 0 Å². The van der Waals surface area contributed by atoms with E-state index >= 15 is 0 Å². The minimum Gasteiger partial charge on any atom is -0.393 e. The zero-order valence-corrected chi connectivity index (χ0v) is 22.3. The molecule has 0 aromatic rings. The quantitative estimate of drug-likeness (QED) is 0.326. The predicted octanol–water partition coefficient (Wildman–Crippen LogP) is 8.15. The molecule has 1 unspecified atom stereocenters. The van der Waals surface area contributed by atoms with Crippen LogP contribution >= 0.6 is 0 Å². The third-order valence-electron chi connectivity index (χ3n) is 10.7. The highest BCUT2D eigenvalue weighted by atomic mass is 19.4. The molecule has 34 heavy (non-hydrogen) atoms. The van der Waals surface area contributed by atoms with E-state index < -0.39 is 11.8 Å². The van der Waals surface area contributed by atoms with Crippen LogP contribution in [-0.2, 0) is 0 Å². The lowest BCUT2D eigenvalue weighted by Gasteiger charge is -2.53. The van der Waals surface area contributed by atoms with E-state index in [0.29, 0.717) is 53.8 Å². The highest BCUT2D eigenvalue weighted by molar-refractivity contribution is 5.05. The van der Waals surface area contributed by atoms with Crippen LogP contribution in [0.15, 0.2) is 0 Å². The SMILES string of the molecule is CCCC[C@](O)(C[C@@H]1CC[C@@H]2[C@H](CC[C@]3(C)[C@@H]([C@H](C)CCC(O)C(C)C)CC[C@@H]23)C1)C(F)(F)F. The molecule has 0 aromatic carbocycles. The lowest BCUT2D eigenvalue weighted by Crippen LogP contribution is -2.49. The molecular formula is C29H51F3O2. The van der Waals surface area contributed by atoms with Gasteiger partial charge in [0.15, 0.2) is 5.60 Å². The average Bonchev–Trinajstić information content (AvgIpc) is 3.12. The molecule has 0 saturated heterocycles. The Labute approximate surface area is 206 Å². The summed E-state index contributed by atoms with van der Waals surface area (Å²) in [5, 5.41) is 20.9. The van der Waals surface area contributed by atoms with E-state index in [1.807, 2.05) is 6.92 Å². The molecule has 0 aliphatic heterocycles. The van der Waals surface area contributed by atoms with Crippen LogP contribution in [0.2, 0.25) is 0 Å². The normalized spacial score (nSPS) is 37.7. The van der Waals surface area contributed by atoms with E-state index in [0.717, 1.165) is 38.5 Å². The van der Waals surface area contributed by atoms with Crippen LogP contribution in [0.25, 0.3) is 0 Å². The molecule has 5 heteroatoms. The van der Waals surface area contributed by atoms with Gasteiger partial charge >= 0.3 is 6.18 Å². The summed E-state index contributed by atoms with van der Waals surface area (Å²) in [5.41, 5.74) is -2.18. The Bertz CT molecular complexity index is 650. The van der Waals surface area contributed by atoms with Crippen LogP contribution < -0.4 is 0 Å². The van der Waals surface area contributed by atoms with Crippen molar-refractivity contribution in [2.45, 2.75) is 136 Å². The van der Waals surface area contributed by atoms with Crippen molar-refractivity contribution in [1.29, 1.82) is 0 Å². The van der Waals surface area contributed by atoms with Gasteiger partial charge < -0.3 is 10.2 Å². The number of hydrogen-bond donors (Lipinski definition) is 2. The standard InChI is InChI=1S/C29H51F3O2/c1-6-7-15-28(34,29(30,31)32)18-21-9-10-23-22(17-21)14-16-27(5)24(11-12-25(23)27)20(4)8-13-26(33)19(2)3/h19-26,33-34H,6-18H2,1-5H3/t20-,21-,22-,23-,24-,25+,26?,27-,28+/m1/s1.